The minimum Gasteiger partial charge on any atom is -0.481 e. The van der Waals surface area contributed by atoms with E-state index in [0.717, 1.165) is 73.3 Å². The van der Waals surface area contributed by atoms with Crippen LogP contribution in [0.25, 0.3) is 39.5 Å². The first-order valence-corrected chi connectivity index (χ1v) is 14.8. The maximum Gasteiger partial charge on any atom is 0.306 e. The number of aromatic nitrogens is 4. The molecule has 3 aromatic heterocycles. The molecule has 0 bridgehead atoms. The third kappa shape index (κ3) is 5.36. The van der Waals surface area contributed by atoms with Crippen molar-refractivity contribution in [3.63, 3.8) is 0 Å². The number of carbonyl (C=O) groups is 1. The van der Waals surface area contributed by atoms with Gasteiger partial charge in [-0.1, -0.05) is 12.1 Å². The molecule has 218 valence electrons. The van der Waals surface area contributed by atoms with Gasteiger partial charge in [0, 0.05) is 43.0 Å². The first-order valence-electron chi connectivity index (χ1n) is 14.8. The van der Waals surface area contributed by atoms with Crippen molar-refractivity contribution in [2.75, 3.05) is 25.4 Å². The highest BCUT2D eigenvalue weighted by atomic mass is 19.1. The molecule has 2 fully saturated rings. The summed E-state index contributed by atoms with van der Waals surface area (Å²) in [6.45, 7) is 3.10. The number of nitrogens with two attached hydrogens (primary N) is 1. The van der Waals surface area contributed by atoms with Crippen LogP contribution in [0.1, 0.15) is 37.2 Å². The van der Waals surface area contributed by atoms with E-state index in [9.17, 15) is 14.3 Å². The number of rotatable bonds is 7. The SMILES string of the molecule is Nc1ncccc1-c1nc2ccc(-c3ccc(F)cc3)nc2n1-c1ccc(C2CN(C[C@H]3CC[C@H](C(=O)O)CC3)C2)cc1. The summed E-state index contributed by atoms with van der Waals surface area (Å²) >= 11 is 0. The van der Waals surface area contributed by atoms with E-state index in [1.807, 2.05) is 28.8 Å². The number of hydrogen-bond acceptors (Lipinski definition) is 6. The van der Waals surface area contributed by atoms with Gasteiger partial charge in [0.1, 0.15) is 17.2 Å². The van der Waals surface area contributed by atoms with Crippen molar-refractivity contribution < 1.29 is 14.3 Å². The summed E-state index contributed by atoms with van der Waals surface area (Å²) in [5, 5.41) is 9.27. The summed E-state index contributed by atoms with van der Waals surface area (Å²) in [6, 6.07) is 22.5. The lowest BCUT2D eigenvalue weighted by atomic mass is 9.80. The number of hydrogen-bond donors (Lipinski definition) is 2. The average Bonchev–Trinajstić information content (AvgIpc) is 3.38. The van der Waals surface area contributed by atoms with Crippen molar-refractivity contribution in [2.24, 2.45) is 11.8 Å². The number of anilines is 1. The lowest BCUT2D eigenvalue weighted by Crippen LogP contribution is -2.47. The highest BCUT2D eigenvalue weighted by molar-refractivity contribution is 5.84. The summed E-state index contributed by atoms with van der Waals surface area (Å²) in [7, 11) is 0. The van der Waals surface area contributed by atoms with E-state index in [-0.39, 0.29) is 11.7 Å². The average molecular weight is 577 g/mol. The normalized spacial score (nSPS) is 19.4. The molecule has 0 atom stereocenters. The van der Waals surface area contributed by atoms with E-state index in [4.69, 9.17) is 15.7 Å². The van der Waals surface area contributed by atoms with Crippen LogP contribution >= 0.6 is 0 Å². The van der Waals surface area contributed by atoms with E-state index < -0.39 is 5.97 Å². The van der Waals surface area contributed by atoms with E-state index >= 15 is 0 Å². The molecule has 7 rings (SSSR count). The fourth-order valence-electron chi connectivity index (χ4n) is 6.55. The van der Waals surface area contributed by atoms with E-state index in [1.165, 1.54) is 17.7 Å². The number of pyridine rings is 2. The molecular weight excluding hydrogens is 543 g/mol. The van der Waals surface area contributed by atoms with Gasteiger partial charge in [-0.15, -0.1) is 0 Å². The molecule has 8 nitrogen and oxygen atoms in total. The molecule has 0 unspecified atom stereocenters. The number of halogens is 1. The number of benzene rings is 2. The van der Waals surface area contributed by atoms with Gasteiger partial charge in [0.05, 0.1) is 17.2 Å². The van der Waals surface area contributed by atoms with Crippen molar-refractivity contribution >= 4 is 23.0 Å². The second-order valence-corrected chi connectivity index (χ2v) is 11.8. The molecule has 3 N–H and O–H groups in total. The Hall–Kier alpha value is -4.63. The second-order valence-electron chi connectivity index (χ2n) is 11.8. The second kappa shape index (κ2) is 11.2. The molecular formula is C34H33FN6O2. The first kappa shape index (κ1) is 27.2. The van der Waals surface area contributed by atoms with E-state index in [0.29, 0.717) is 29.1 Å². The van der Waals surface area contributed by atoms with Gasteiger partial charge < -0.3 is 15.7 Å². The van der Waals surface area contributed by atoms with Crippen LogP contribution in [0.15, 0.2) is 79.0 Å². The number of carboxylic acids is 1. The number of nitrogen functional groups attached to an aromatic ring is 1. The first-order chi connectivity index (χ1) is 20.9. The Balaban J connectivity index is 1.14. The van der Waals surface area contributed by atoms with Gasteiger partial charge in [0.2, 0.25) is 0 Å². The number of nitrogens with zero attached hydrogens (tertiary/aromatic N) is 5. The van der Waals surface area contributed by atoms with Crippen LogP contribution in [0.4, 0.5) is 10.2 Å². The zero-order valence-electron chi connectivity index (χ0n) is 23.7. The molecule has 1 saturated carbocycles. The highest BCUT2D eigenvalue weighted by Gasteiger charge is 2.32. The molecule has 5 aromatic rings. The lowest BCUT2D eigenvalue weighted by Gasteiger charge is -2.42. The van der Waals surface area contributed by atoms with Crippen molar-refractivity contribution in [3.8, 4) is 28.3 Å². The predicted octanol–water partition coefficient (Wildman–Crippen LogP) is 6.16. The molecule has 2 aliphatic rings. The fourth-order valence-corrected chi connectivity index (χ4v) is 6.55. The maximum atomic E-state index is 13.6. The smallest absolute Gasteiger partial charge is 0.306 e. The Morgan fingerprint density at radius 3 is 2.37 bits per heavy atom. The van der Waals surface area contributed by atoms with Crippen LogP contribution in [-0.4, -0.2) is 55.1 Å². The Labute approximate surface area is 249 Å². The molecule has 2 aromatic carbocycles. The van der Waals surface area contributed by atoms with Crippen LogP contribution in [0.2, 0.25) is 0 Å². The minimum absolute atomic E-state index is 0.161. The Bertz CT molecular complexity index is 1770. The standard InChI is InChI=1S/C34H33FN6O2/c35-26-11-7-23(8-12-26)29-15-16-30-33(38-29)41(32(39-30)28-2-1-17-37-31(28)36)27-13-9-22(10-14-27)25-19-40(20-25)18-21-3-5-24(6-4-21)34(42)43/h1-2,7-17,21,24-25H,3-6,18-20H2,(H2,36,37)(H,42,43)/t21-,24-. The summed E-state index contributed by atoms with van der Waals surface area (Å²) in [5.41, 5.74) is 12.2. The molecule has 0 spiro atoms. The number of imidazole rings is 1. The van der Waals surface area contributed by atoms with Gasteiger partial charge >= 0.3 is 5.97 Å². The molecule has 0 amide bonds. The quantitative estimate of drug-likeness (QED) is 0.239. The zero-order chi connectivity index (χ0) is 29.5. The summed E-state index contributed by atoms with van der Waals surface area (Å²) in [6.07, 6.45) is 5.27. The van der Waals surface area contributed by atoms with Crippen molar-refractivity contribution in [1.82, 2.24) is 24.4 Å². The number of aliphatic carboxylic acids is 1. The third-order valence-corrected chi connectivity index (χ3v) is 9.02. The van der Waals surface area contributed by atoms with Crippen molar-refractivity contribution in [3.05, 3.63) is 90.4 Å². The van der Waals surface area contributed by atoms with Gasteiger partial charge in [-0.25, -0.2) is 19.3 Å². The van der Waals surface area contributed by atoms with E-state index in [1.54, 1.807) is 18.3 Å². The minimum atomic E-state index is -0.644. The fraction of sp³-hybridized carbons (Fsp3) is 0.294. The van der Waals surface area contributed by atoms with Crippen LogP contribution in [0, 0.1) is 17.7 Å². The van der Waals surface area contributed by atoms with Crippen molar-refractivity contribution in [2.45, 2.75) is 31.6 Å². The molecule has 1 saturated heterocycles. The Morgan fingerprint density at radius 2 is 1.67 bits per heavy atom. The molecule has 4 heterocycles. The summed E-state index contributed by atoms with van der Waals surface area (Å²) in [5.74, 6) is 1.02. The molecule has 1 aliphatic heterocycles. The Morgan fingerprint density at radius 1 is 0.930 bits per heavy atom. The molecule has 0 radical (unpaired) electrons. The number of fused-ring (bicyclic) bond motifs is 1. The van der Waals surface area contributed by atoms with Gasteiger partial charge in [-0.3, -0.25) is 9.36 Å². The van der Waals surface area contributed by atoms with Crippen LogP contribution in [0.3, 0.4) is 0 Å². The van der Waals surface area contributed by atoms with Crippen LogP contribution < -0.4 is 5.73 Å². The van der Waals surface area contributed by atoms with Gasteiger partial charge in [0.15, 0.2) is 11.5 Å². The Kier molecular flexibility index (Phi) is 7.10. The number of carboxylic acid groups (broad SMARTS) is 1. The summed E-state index contributed by atoms with van der Waals surface area (Å²) < 4.78 is 15.6. The largest absolute Gasteiger partial charge is 0.481 e. The van der Waals surface area contributed by atoms with Gasteiger partial charge in [-0.05, 0) is 97.8 Å². The van der Waals surface area contributed by atoms with Crippen LogP contribution in [-0.2, 0) is 4.79 Å². The van der Waals surface area contributed by atoms with Gasteiger partial charge in [-0.2, -0.15) is 0 Å². The van der Waals surface area contributed by atoms with Crippen molar-refractivity contribution in [1.29, 1.82) is 0 Å². The monoisotopic (exact) mass is 576 g/mol. The zero-order valence-corrected chi connectivity index (χ0v) is 23.7. The van der Waals surface area contributed by atoms with E-state index in [2.05, 4.69) is 34.1 Å². The molecule has 43 heavy (non-hydrogen) atoms. The number of likely N-dealkylation sites (tertiary alicyclic amines) is 1. The predicted molar refractivity (Wildman–Crippen MR) is 164 cm³/mol. The maximum absolute atomic E-state index is 13.6. The lowest BCUT2D eigenvalue weighted by molar-refractivity contribution is -0.143. The third-order valence-electron chi connectivity index (χ3n) is 9.02. The summed E-state index contributed by atoms with van der Waals surface area (Å²) in [4.78, 5) is 27.9. The molecule has 1 aliphatic carbocycles. The topological polar surface area (TPSA) is 110 Å². The highest BCUT2D eigenvalue weighted by Crippen LogP contribution is 2.35. The van der Waals surface area contributed by atoms with Crippen LogP contribution in [0.5, 0.6) is 0 Å². The molecule has 9 heteroatoms. The van der Waals surface area contributed by atoms with Gasteiger partial charge in [0.25, 0.3) is 0 Å².